The Hall–Kier alpha value is -1.96. The molecule has 0 saturated heterocycles. The second kappa shape index (κ2) is 11.6. The first-order valence-electron chi connectivity index (χ1n) is 7.51. The van der Waals surface area contributed by atoms with E-state index in [1.54, 1.807) is 26.8 Å². The summed E-state index contributed by atoms with van der Waals surface area (Å²) in [4.78, 5) is 23.0. The zero-order chi connectivity index (χ0) is 18.6. The van der Waals surface area contributed by atoms with Gasteiger partial charge in [0.2, 0.25) is 0 Å². The number of esters is 1. The Kier molecular flexibility index (Phi) is 10.6. The molecule has 0 atom stereocenters. The number of aliphatic hydroxyl groups is 1. The van der Waals surface area contributed by atoms with Crippen LogP contribution in [0.15, 0.2) is 36.0 Å². The molecule has 0 aromatic rings. The summed E-state index contributed by atoms with van der Waals surface area (Å²) in [6, 6.07) is 0. The van der Waals surface area contributed by atoms with Crippen LogP contribution in [-0.2, 0) is 23.8 Å². The minimum atomic E-state index is -1.25. The average molecular weight is 342 g/mol. The minimum Gasteiger partial charge on any atom is -0.478 e. The Morgan fingerprint density at radius 3 is 2.25 bits per heavy atom. The molecule has 7 nitrogen and oxygen atoms in total. The summed E-state index contributed by atoms with van der Waals surface area (Å²) in [5, 5.41) is 18.1. The van der Waals surface area contributed by atoms with Crippen LogP contribution in [0.3, 0.4) is 0 Å². The molecule has 0 aromatic heterocycles. The first-order chi connectivity index (χ1) is 11.3. The third kappa shape index (κ3) is 8.61. The van der Waals surface area contributed by atoms with Crippen molar-refractivity contribution in [3.8, 4) is 0 Å². The first kappa shape index (κ1) is 22.0. The number of carboxylic acids is 1. The van der Waals surface area contributed by atoms with Gasteiger partial charge >= 0.3 is 11.9 Å². The van der Waals surface area contributed by atoms with Gasteiger partial charge in [0, 0.05) is 0 Å². The summed E-state index contributed by atoms with van der Waals surface area (Å²) in [6.07, 6.45) is 3.99. The normalized spacial score (nSPS) is 12.8. The fourth-order valence-corrected chi connectivity index (χ4v) is 1.54. The molecule has 0 saturated carbocycles. The van der Waals surface area contributed by atoms with E-state index in [-0.39, 0.29) is 37.6 Å². The van der Waals surface area contributed by atoms with Gasteiger partial charge in [-0.2, -0.15) is 0 Å². The molecule has 0 heterocycles. The second-order valence-corrected chi connectivity index (χ2v) is 5.35. The highest BCUT2D eigenvalue weighted by molar-refractivity contribution is 6.03. The lowest BCUT2D eigenvalue weighted by Crippen LogP contribution is -2.30. The van der Waals surface area contributed by atoms with Crippen LogP contribution >= 0.6 is 0 Å². The van der Waals surface area contributed by atoms with Gasteiger partial charge in [-0.05, 0) is 20.8 Å². The number of carbonyl (C=O) groups excluding carboxylic acids is 1. The summed E-state index contributed by atoms with van der Waals surface area (Å²) in [5.74, 6) is -2.01. The molecule has 0 aromatic carbocycles. The predicted octanol–water partition coefficient (Wildman–Crippen LogP) is 1.48. The van der Waals surface area contributed by atoms with Crippen LogP contribution in [0.2, 0.25) is 0 Å². The van der Waals surface area contributed by atoms with Gasteiger partial charge in [0.25, 0.3) is 0 Å². The molecule has 0 bridgehead atoms. The van der Waals surface area contributed by atoms with Crippen molar-refractivity contribution in [3.63, 3.8) is 0 Å². The van der Waals surface area contributed by atoms with E-state index in [2.05, 4.69) is 6.58 Å². The molecular weight excluding hydrogens is 316 g/mol. The van der Waals surface area contributed by atoms with E-state index in [0.717, 1.165) is 6.08 Å². The van der Waals surface area contributed by atoms with Gasteiger partial charge in [-0.15, -0.1) is 0 Å². The topological polar surface area (TPSA) is 102 Å². The van der Waals surface area contributed by atoms with Gasteiger partial charge in [0.1, 0.15) is 6.61 Å². The largest absolute Gasteiger partial charge is 0.478 e. The van der Waals surface area contributed by atoms with Gasteiger partial charge in [-0.1, -0.05) is 24.8 Å². The van der Waals surface area contributed by atoms with Crippen molar-refractivity contribution in [2.45, 2.75) is 26.4 Å². The molecule has 0 aliphatic heterocycles. The second-order valence-electron chi connectivity index (χ2n) is 5.35. The summed E-state index contributed by atoms with van der Waals surface area (Å²) in [6.45, 7) is 9.16. The Bertz CT molecular complexity index is 489. The molecular formula is C17H26O7. The van der Waals surface area contributed by atoms with Crippen LogP contribution in [0.5, 0.6) is 0 Å². The van der Waals surface area contributed by atoms with Crippen molar-refractivity contribution in [1.29, 1.82) is 0 Å². The third-order valence-corrected chi connectivity index (χ3v) is 2.84. The molecule has 0 unspecified atom stereocenters. The lowest BCUT2D eigenvalue weighted by atomic mass is 10.1. The molecule has 7 heteroatoms. The number of aliphatic hydroxyl groups excluding tert-OH is 1. The summed E-state index contributed by atoms with van der Waals surface area (Å²) >= 11 is 0. The van der Waals surface area contributed by atoms with E-state index in [9.17, 15) is 9.59 Å². The van der Waals surface area contributed by atoms with Crippen molar-refractivity contribution in [2.24, 2.45) is 0 Å². The van der Waals surface area contributed by atoms with Crippen LogP contribution in [0.4, 0.5) is 0 Å². The van der Waals surface area contributed by atoms with Gasteiger partial charge in [0.05, 0.1) is 43.2 Å². The first-order valence-corrected chi connectivity index (χ1v) is 7.51. The van der Waals surface area contributed by atoms with Crippen molar-refractivity contribution in [1.82, 2.24) is 0 Å². The SMILES string of the molecule is C=C/C(C(=O)O)=C(\C=C/C)C(=O)OCCOCCOC(C)(C)CO. The number of hydrogen-bond acceptors (Lipinski definition) is 6. The number of rotatable bonds is 12. The van der Waals surface area contributed by atoms with Crippen molar-refractivity contribution >= 4 is 11.9 Å². The van der Waals surface area contributed by atoms with Gasteiger partial charge in [0.15, 0.2) is 0 Å². The van der Waals surface area contributed by atoms with Crippen molar-refractivity contribution in [3.05, 3.63) is 36.0 Å². The molecule has 24 heavy (non-hydrogen) atoms. The number of carboxylic acid groups (broad SMARTS) is 1. The van der Waals surface area contributed by atoms with Gasteiger partial charge in [-0.3, -0.25) is 0 Å². The number of ether oxygens (including phenoxy) is 3. The van der Waals surface area contributed by atoms with Crippen LogP contribution in [0, 0.1) is 0 Å². The third-order valence-electron chi connectivity index (χ3n) is 2.84. The van der Waals surface area contributed by atoms with E-state index in [0.29, 0.717) is 6.61 Å². The number of aliphatic carboxylic acids is 1. The van der Waals surface area contributed by atoms with Crippen molar-refractivity contribution < 1.29 is 34.0 Å². The molecule has 0 spiro atoms. The maximum Gasteiger partial charge on any atom is 0.339 e. The zero-order valence-corrected chi connectivity index (χ0v) is 14.4. The molecule has 0 fully saturated rings. The van der Waals surface area contributed by atoms with E-state index < -0.39 is 17.5 Å². The summed E-state index contributed by atoms with van der Waals surface area (Å²) in [5.41, 5.74) is -0.924. The molecule has 0 radical (unpaired) electrons. The molecule has 2 N–H and O–H groups in total. The van der Waals surface area contributed by atoms with Crippen LogP contribution in [-0.4, -0.2) is 60.8 Å². The van der Waals surface area contributed by atoms with Crippen LogP contribution in [0.25, 0.3) is 0 Å². The monoisotopic (exact) mass is 342 g/mol. The Labute approximate surface area is 142 Å². The lowest BCUT2D eigenvalue weighted by Gasteiger charge is -2.22. The molecule has 0 rings (SSSR count). The zero-order valence-electron chi connectivity index (χ0n) is 14.4. The Morgan fingerprint density at radius 2 is 1.75 bits per heavy atom. The van der Waals surface area contributed by atoms with Crippen LogP contribution < -0.4 is 0 Å². The predicted molar refractivity (Wildman–Crippen MR) is 88.6 cm³/mol. The fraction of sp³-hybridized carbons (Fsp3) is 0.529. The highest BCUT2D eigenvalue weighted by Gasteiger charge is 2.18. The van der Waals surface area contributed by atoms with Crippen molar-refractivity contribution in [2.75, 3.05) is 33.0 Å². The maximum atomic E-state index is 11.9. The maximum absolute atomic E-state index is 11.9. The van der Waals surface area contributed by atoms with E-state index >= 15 is 0 Å². The average Bonchev–Trinajstić information content (AvgIpc) is 2.53. The standard InChI is InChI=1S/C17H26O7/c1-5-7-14(13(6-2)15(19)20)16(21)23-10-8-22-9-11-24-17(3,4)12-18/h5-7,18H,2,8-12H2,1,3-4H3,(H,19,20)/b7-5-,14-13-. The smallest absolute Gasteiger partial charge is 0.339 e. The Morgan fingerprint density at radius 1 is 1.12 bits per heavy atom. The fourth-order valence-electron chi connectivity index (χ4n) is 1.54. The van der Waals surface area contributed by atoms with E-state index in [4.69, 9.17) is 24.4 Å². The number of allylic oxidation sites excluding steroid dienone is 1. The highest BCUT2D eigenvalue weighted by atomic mass is 16.6. The molecule has 0 aliphatic carbocycles. The van der Waals surface area contributed by atoms with Gasteiger partial charge < -0.3 is 24.4 Å². The number of hydrogen-bond donors (Lipinski definition) is 2. The van der Waals surface area contributed by atoms with Gasteiger partial charge in [-0.25, -0.2) is 9.59 Å². The quantitative estimate of drug-likeness (QED) is 0.240. The van der Waals surface area contributed by atoms with E-state index in [1.807, 2.05) is 0 Å². The summed E-state index contributed by atoms with van der Waals surface area (Å²) < 4.78 is 15.6. The molecule has 0 aliphatic rings. The minimum absolute atomic E-state index is 0.0205. The van der Waals surface area contributed by atoms with Crippen LogP contribution in [0.1, 0.15) is 20.8 Å². The highest BCUT2D eigenvalue weighted by Crippen LogP contribution is 2.11. The Balaban J connectivity index is 4.29. The molecule has 0 amide bonds. The lowest BCUT2D eigenvalue weighted by molar-refractivity contribution is -0.141. The molecule has 136 valence electrons. The number of carbonyl (C=O) groups is 2. The summed E-state index contributed by atoms with van der Waals surface area (Å²) in [7, 11) is 0. The van der Waals surface area contributed by atoms with E-state index in [1.165, 1.54) is 6.08 Å².